The van der Waals surface area contributed by atoms with Crippen LogP contribution in [0.1, 0.15) is 24.0 Å². The number of cyclic esters (lactones) is 1. The van der Waals surface area contributed by atoms with Gasteiger partial charge in [-0.05, 0) is 31.4 Å². The number of ether oxygens (including phenoxy) is 1. The Kier molecular flexibility index (Phi) is 4.80. The number of carbonyl (C=O) groups excluding carboxylic acids is 1. The van der Waals surface area contributed by atoms with Crippen molar-refractivity contribution in [2.24, 2.45) is 0 Å². The summed E-state index contributed by atoms with van der Waals surface area (Å²) in [6.07, 6.45) is 0.802. The van der Waals surface area contributed by atoms with Gasteiger partial charge in [0.2, 0.25) is 10.0 Å². The number of carbonyl (C=O) groups is 1. The van der Waals surface area contributed by atoms with Gasteiger partial charge in [-0.25, -0.2) is 13.2 Å². The zero-order valence-electron chi connectivity index (χ0n) is 16.6. The number of sulfonamides is 1. The van der Waals surface area contributed by atoms with Gasteiger partial charge in [0.25, 0.3) is 0 Å². The van der Waals surface area contributed by atoms with Crippen LogP contribution in [0.2, 0.25) is 0 Å². The smallest absolute Gasteiger partial charge is 0.414 e. The first-order chi connectivity index (χ1) is 14.5. The molecule has 6 nitrogen and oxygen atoms in total. The monoisotopic (exact) mass is 442 g/mol. The summed E-state index contributed by atoms with van der Waals surface area (Å²) in [5, 5.41) is 2.50. The highest BCUT2D eigenvalue weighted by atomic mass is 32.2. The molecule has 1 amide bonds. The van der Waals surface area contributed by atoms with Crippen LogP contribution in [0.5, 0.6) is 0 Å². The first kappa shape index (κ1) is 19.5. The van der Waals surface area contributed by atoms with Gasteiger partial charge in [-0.2, -0.15) is 4.31 Å². The third-order valence-electron chi connectivity index (χ3n) is 5.96. The van der Waals surface area contributed by atoms with Crippen LogP contribution >= 0.6 is 11.3 Å². The maximum Gasteiger partial charge on any atom is 0.414 e. The molecular weight excluding hydrogens is 420 g/mol. The molecule has 3 aromatic rings. The number of rotatable bonds is 3. The van der Waals surface area contributed by atoms with Crippen molar-refractivity contribution in [1.82, 2.24) is 4.31 Å². The van der Waals surface area contributed by atoms with Gasteiger partial charge in [0.15, 0.2) is 0 Å². The van der Waals surface area contributed by atoms with E-state index >= 15 is 0 Å². The Balaban J connectivity index is 1.39. The Hall–Kier alpha value is -2.42. The highest BCUT2D eigenvalue weighted by molar-refractivity contribution is 7.89. The summed E-state index contributed by atoms with van der Waals surface area (Å²) in [7, 11) is -3.57. The van der Waals surface area contributed by atoms with Gasteiger partial charge in [-0.15, -0.1) is 11.3 Å². The fourth-order valence-corrected chi connectivity index (χ4v) is 7.39. The molecule has 2 aliphatic heterocycles. The van der Waals surface area contributed by atoms with Gasteiger partial charge in [-0.1, -0.05) is 36.4 Å². The van der Waals surface area contributed by atoms with Crippen molar-refractivity contribution in [1.29, 1.82) is 0 Å². The molecule has 1 fully saturated rings. The van der Waals surface area contributed by atoms with E-state index in [4.69, 9.17) is 4.74 Å². The Bertz CT molecular complexity index is 1230. The summed E-state index contributed by atoms with van der Waals surface area (Å²) < 4.78 is 34.5. The van der Waals surface area contributed by atoms with Crippen molar-refractivity contribution in [2.45, 2.75) is 37.3 Å². The Labute approximate surface area is 179 Å². The molecule has 5 rings (SSSR count). The van der Waals surface area contributed by atoms with Gasteiger partial charge in [-0.3, -0.25) is 4.90 Å². The average Bonchev–Trinajstić information content (AvgIpc) is 3.19. The van der Waals surface area contributed by atoms with E-state index in [1.54, 1.807) is 14.6 Å². The van der Waals surface area contributed by atoms with Crippen molar-refractivity contribution < 1.29 is 17.9 Å². The van der Waals surface area contributed by atoms with Crippen LogP contribution in [0.25, 0.3) is 10.1 Å². The fourth-order valence-electron chi connectivity index (χ4n) is 4.45. The second kappa shape index (κ2) is 7.37. The van der Waals surface area contributed by atoms with E-state index in [1.165, 1.54) is 11.3 Å². The molecule has 0 N–H and O–H groups in total. The van der Waals surface area contributed by atoms with Crippen LogP contribution in [0.3, 0.4) is 0 Å². The molecule has 3 heterocycles. The maximum atomic E-state index is 13.3. The van der Waals surface area contributed by atoms with Crippen molar-refractivity contribution in [2.75, 3.05) is 18.0 Å². The number of hydrogen-bond donors (Lipinski definition) is 0. The summed E-state index contributed by atoms with van der Waals surface area (Å²) in [5.41, 5.74) is 2.94. The lowest BCUT2D eigenvalue weighted by Gasteiger charge is -2.40. The summed E-state index contributed by atoms with van der Waals surface area (Å²) >= 11 is 1.45. The van der Waals surface area contributed by atoms with E-state index in [1.807, 2.05) is 49.4 Å². The molecule has 0 bridgehead atoms. The van der Waals surface area contributed by atoms with Crippen LogP contribution in [0.15, 0.2) is 52.7 Å². The maximum absolute atomic E-state index is 13.3. The molecular formula is C22H22N2O4S2. The Morgan fingerprint density at radius 1 is 1.07 bits per heavy atom. The second-order valence-corrected chi connectivity index (χ2v) is 10.6. The van der Waals surface area contributed by atoms with E-state index in [-0.39, 0.29) is 18.7 Å². The highest BCUT2D eigenvalue weighted by Gasteiger charge is 2.38. The number of hydrogen-bond acceptors (Lipinski definition) is 5. The SMILES string of the molecule is Cc1cccc2c1N(C1CCN(S(=O)(=O)c3csc4ccccc34)CC1)C(=O)OC2. The van der Waals surface area contributed by atoms with Crippen molar-refractivity contribution in [3.63, 3.8) is 0 Å². The summed E-state index contributed by atoms with van der Waals surface area (Å²) in [6, 6.07) is 13.4. The van der Waals surface area contributed by atoms with E-state index in [2.05, 4.69) is 0 Å². The van der Waals surface area contributed by atoms with Gasteiger partial charge in [0.1, 0.15) is 11.5 Å². The van der Waals surface area contributed by atoms with Crippen molar-refractivity contribution in [3.05, 3.63) is 59.0 Å². The number of thiophene rings is 1. The molecule has 156 valence electrons. The third-order valence-corrected chi connectivity index (χ3v) is 9.01. The molecule has 0 radical (unpaired) electrons. The van der Waals surface area contributed by atoms with Crippen molar-refractivity contribution >= 4 is 43.2 Å². The molecule has 30 heavy (non-hydrogen) atoms. The normalized spacial score (nSPS) is 18.4. The van der Waals surface area contributed by atoms with Gasteiger partial charge >= 0.3 is 6.09 Å². The van der Waals surface area contributed by atoms with Gasteiger partial charge in [0.05, 0.1) is 5.69 Å². The number of amides is 1. The number of para-hydroxylation sites is 1. The standard InChI is InChI=1S/C22H22N2O4S2/c1-15-5-4-6-16-13-28-22(25)24(21(15)16)17-9-11-23(12-10-17)30(26,27)20-14-29-19-8-3-2-7-18(19)20/h2-8,14,17H,9-13H2,1H3. The summed E-state index contributed by atoms with van der Waals surface area (Å²) in [5.74, 6) is 0. The minimum absolute atomic E-state index is 0.0803. The largest absolute Gasteiger partial charge is 0.444 e. The highest BCUT2D eigenvalue weighted by Crippen LogP contribution is 2.36. The number of benzene rings is 2. The number of piperidine rings is 1. The zero-order chi connectivity index (χ0) is 20.9. The summed E-state index contributed by atoms with van der Waals surface area (Å²) in [4.78, 5) is 14.7. The van der Waals surface area contributed by atoms with Gasteiger partial charge < -0.3 is 4.74 Å². The number of anilines is 1. The predicted octanol–water partition coefficient (Wildman–Crippen LogP) is 4.52. The average molecular weight is 443 g/mol. The molecule has 2 aromatic carbocycles. The second-order valence-electron chi connectivity index (χ2n) is 7.74. The van der Waals surface area contributed by atoms with Crippen LogP contribution in [-0.2, 0) is 21.4 Å². The number of aryl methyl sites for hydroxylation is 1. The van der Waals surface area contributed by atoms with Crippen molar-refractivity contribution in [3.8, 4) is 0 Å². The molecule has 2 aliphatic rings. The first-order valence-corrected chi connectivity index (χ1v) is 12.3. The lowest BCUT2D eigenvalue weighted by molar-refractivity contribution is 0.135. The van der Waals surface area contributed by atoms with E-state index in [0.717, 1.165) is 26.9 Å². The quantitative estimate of drug-likeness (QED) is 0.598. The zero-order valence-corrected chi connectivity index (χ0v) is 18.2. The topological polar surface area (TPSA) is 66.9 Å². The number of fused-ring (bicyclic) bond motifs is 2. The van der Waals surface area contributed by atoms with Crippen LogP contribution in [0, 0.1) is 6.92 Å². The molecule has 0 aliphatic carbocycles. The van der Waals surface area contributed by atoms with E-state index in [9.17, 15) is 13.2 Å². The molecule has 0 spiro atoms. The molecule has 0 saturated carbocycles. The third kappa shape index (κ3) is 3.10. The van der Waals surface area contributed by atoms with E-state index in [0.29, 0.717) is 30.8 Å². The first-order valence-electron chi connectivity index (χ1n) is 9.97. The number of nitrogens with zero attached hydrogens (tertiary/aromatic N) is 2. The van der Waals surface area contributed by atoms with E-state index < -0.39 is 10.0 Å². The summed E-state index contributed by atoms with van der Waals surface area (Å²) in [6.45, 7) is 3.03. The lowest BCUT2D eigenvalue weighted by Crippen LogP contribution is -2.50. The van der Waals surface area contributed by atoms with Crippen LogP contribution in [0.4, 0.5) is 10.5 Å². The lowest BCUT2D eigenvalue weighted by atomic mass is 10.00. The Morgan fingerprint density at radius 2 is 1.83 bits per heavy atom. The Morgan fingerprint density at radius 3 is 2.63 bits per heavy atom. The molecule has 1 aromatic heterocycles. The predicted molar refractivity (Wildman–Crippen MR) is 117 cm³/mol. The molecule has 0 atom stereocenters. The molecule has 0 unspecified atom stereocenters. The van der Waals surface area contributed by atoms with Crippen LogP contribution < -0.4 is 4.90 Å². The fraction of sp³-hybridized carbons (Fsp3) is 0.318. The van der Waals surface area contributed by atoms with Gasteiger partial charge in [0, 0.05) is 40.2 Å². The molecule has 8 heteroatoms. The minimum Gasteiger partial charge on any atom is -0.444 e. The van der Waals surface area contributed by atoms with Crippen LogP contribution in [-0.4, -0.2) is 37.9 Å². The molecule has 1 saturated heterocycles. The minimum atomic E-state index is -3.57.